The lowest BCUT2D eigenvalue weighted by atomic mass is 10.4. The van der Waals surface area contributed by atoms with Gasteiger partial charge in [-0.2, -0.15) is 0 Å². The van der Waals surface area contributed by atoms with Gasteiger partial charge in [0.05, 0.1) is 4.90 Å². The molecule has 1 rings (SSSR count). The molecule has 0 N–H and O–H groups in total. The van der Waals surface area contributed by atoms with E-state index >= 15 is 0 Å². The van der Waals surface area contributed by atoms with Crippen molar-refractivity contribution < 1.29 is 8.42 Å². The van der Waals surface area contributed by atoms with E-state index in [2.05, 4.69) is 0 Å². The van der Waals surface area contributed by atoms with Gasteiger partial charge in [0.2, 0.25) is 0 Å². The van der Waals surface area contributed by atoms with Crippen LogP contribution >= 0.6 is 11.1 Å². The van der Waals surface area contributed by atoms with Gasteiger partial charge < -0.3 is 0 Å². The highest BCUT2D eigenvalue weighted by atomic mass is 35.6. The number of halogens is 1. The summed E-state index contributed by atoms with van der Waals surface area (Å²) in [5, 5.41) is 0. The van der Waals surface area contributed by atoms with Crippen LogP contribution in [0.15, 0.2) is 35.2 Å². The van der Waals surface area contributed by atoms with Crippen molar-refractivity contribution in [3.8, 4) is 0 Å². The molecule has 0 amide bonds. The molecular weight excluding hydrogens is 224 g/mol. The van der Waals surface area contributed by atoms with Gasteiger partial charge in [-0.05, 0) is 18.2 Å². The molecule has 13 heavy (non-hydrogen) atoms. The summed E-state index contributed by atoms with van der Waals surface area (Å²) in [5.41, 5.74) is 0. The molecule has 0 aliphatic rings. The van der Waals surface area contributed by atoms with E-state index in [1.807, 2.05) is 6.92 Å². The Morgan fingerprint density at radius 2 is 1.85 bits per heavy atom. The fourth-order valence-electron chi connectivity index (χ4n) is 0.977. The molecule has 1 atom stereocenters. The number of hydrogen-bond donors (Lipinski definition) is 0. The smallest absolute Gasteiger partial charge is 0.230 e. The summed E-state index contributed by atoms with van der Waals surface area (Å²) < 4.78 is 23.4. The van der Waals surface area contributed by atoms with Crippen LogP contribution in [0, 0.1) is 0 Å². The van der Waals surface area contributed by atoms with Crippen molar-refractivity contribution in [2.45, 2.75) is 17.9 Å². The Balaban J connectivity index is 3.09. The maximum atomic E-state index is 11.7. The highest BCUT2D eigenvalue weighted by Gasteiger charge is 2.25. The number of benzene rings is 1. The molecule has 0 fully saturated rings. The first kappa shape index (κ1) is 10.8. The van der Waals surface area contributed by atoms with Crippen molar-refractivity contribution in [1.82, 2.24) is 0 Å². The van der Waals surface area contributed by atoms with Crippen molar-refractivity contribution >= 4 is 27.6 Å². The Kier molecular flexibility index (Phi) is 3.52. The van der Waals surface area contributed by atoms with Gasteiger partial charge in [-0.3, -0.25) is 0 Å². The molecule has 0 heterocycles. The Hall–Kier alpha value is -0.323. The molecule has 0 bridgehead atoms. The monoisotopic (exact) mass is 234 g/mol. The minimum Gasteiger partial charge on any atom is -0.230 e. The first-order valence-corrected chi connectivity index (χ1v) is 9.54. The number of rotatable bonds is 3. The van der Waals surface area contributed by atoms with Gasteiger partial charge in [0, 0.05) is 0 Å². The van der Waals surface area contributed by atoms with Gasteiger partial charge >= 0.3 is 0 Å². The van der Waals surface area contributed by atoms with Crippen LogP contribution in [0.4, 0.5) is 0 Å². The summed E-state index contributed by atoms with van der Waals surface area (Å²) in [7, 11) is -5.36. The van der Waals surface area contributed by atoms with E-state index in [-0.39, 0.29) is 0 Å². The molecule has 0 saturated heterocycles. The zero-order valence-corrected chi connectivity index (χ0v) is 10.0. The highest BCUT2D eigenvalue weighted by Crippen LogP contribution is 2.17. The summed E-state index contributed by atoms with van der Waals surface area (Å²) in [6.07, 6.45) is 0. The second kappa shape index (κ2) is 4.26. The lowest BCUT2D eigenvalue weighted by molar-refractivity contribution is 0.608. The first-order chi connectivity index (χ1) is 6.09. The predicted molar refractivity (Wildman–Crippen MR) is 57.1 cm³/mol. The van der Waals surface area contributed by atoms with Crippen LogP contribution in [0.5, 0.6) is 0 Å². The van der Waals surface area contributed by atoms with Gasteiger partial charge in [0.25, 0.3) is 7.26 Å². The summed E-state index contributed by atoms with van der Waals surface area (Å²) >= 11 is 5.84. The SMILES string of the molecule is CC[SiH](Cl)S(=O)(=O)c1ccccc1. The zero-order chi connectivity index (χ0) is 9.90. The topological polar surface area (TPSA) is 34.1 Å². The molecule has 72 valence electrons. The Morgan fingerprint density at radius 1 is 1.31 bits per heavy atom. The van der Waals surface area contributed by atoms with E-state index in [9.17, 15) is 8.42 Å². The second-order valence-corrected chi connectivity index (χ2v) is 11.8. The molecule has 2 nitrogen and oxygen atoms in total. The predicted octanol–water partition coefficient (Wildman–Crippen LogP) is 1.94. The third kappa shape index (κ3) is 2.33. The van der Waals surface area contributed by atoms with E-state index in [1.54, 1.807) is 30.3 Å². The minimum absolute atomic E-state index is 0.350. The molecule has 0 radical (unpaired) electrons. The van der Waals surface area contributed by atoms with Gasteiger partial charge in [0.15, 0.2) is 9.29 Å². The third-order valence-electron chi connectivity index (χ3n) is 1.73. The van der Waals surface area contributed by atoms with Crippen LogP contribution in [0.25, 0.3) is 0 Å². The van der Waals surface area contributed by atoms with Crippen LogP contribution in [0.1, 0.15) is 6.92 Å². The largest absolute Gasteiger partial charge is 0.281 e. The van der Waals surface area contributed by atoms with E-state index < -0.39 is 16.5 Å². The average Bonchev–Trinajstić information content (AvgIpc) is 2.18. The summed E-state index contributed by atoms with van der Waals surface area (Å²) in [6.45, 7) is 1.81. The molecule has 1 aromatic carbocycles. The van der Waals surface area contributed by atoms with E-state index in [0.29, 0.717) is 10.9 Å². The molecule has 5 heteroatoms. The second-order valence-electron chi connectivity index (χ2n) is 2.68. The molecule has 0 spiro atoms. The quantitative estimate of drug-likeness (QED) is 0.592. The van der Waals surface area contributed by atoms with E-state index in [0.717, 1.165) is 0 Å². The Bertz CT molecular complexity index is 363. The van der Waals surface area contributed by atoms with E-state index in [4.69, 9.17) is 11.1 Å². The summed E-state index contributed by atoms with van der Waals surface area (Å²) in [5.74, 6) is 0. The van der Waals surface area contributed by atoms with Crippen molar-refractivity contribution in [3.05, 3.63) is 30.3 Å². The van der Waals surface area contributed by atoms with Gasteiger partial charge in [-0.1, -0.05) is 25.1 Å². The molecule has 1 aromatic rings. The summed E-state index contributed by atoms with van der Waals surface area (Å²) in [4.78, 5) is 0.350. The van der Waals surface area contributed by atoms with E-state index in [1.165, 1.54) is 0 Å². The fraction of sp³-hybridized carbons (Fsp3) is 0.250. The van der Waals surface area contributed by atoms with Crippen LogP contribution in [-0.4, -0.2) is 15.7 Å². The Morgan fingerprint density at radius 3 is 2.31 bits per heavy atom. The third-order valence-corrected chi connectivity index (χ3v) is 10.8. The Labute approximate surface area is 84.4 Å². The zero-order valence-electron chi connectivity index (χ0n) is 7.27. The fourth-order valence-corrected chi connectivity index (χ4v) is 5.85. The van der Waals surface area contributed by atoms with Crippen LogP contribution < -0.4 is 0 Å². The molecule has 0 aliphatic carbocycles. The van der Waals surface area contributed by atoms with Crippen molar-refractivity contribution in [3.63, 3.8) is 0 Å². The van der Waals surface area contributed by atoms with Gasteiger partial charge in [0.1, 0.15) is 0 Å². The van der Waals surface area contributed by atoms with Gasteiger partial charge in [-0.15, -0.1) is 11.1 Å². The standard InChI is InChI=1S/C8H11ClO2SSi/c1-2-13(9)12(10,11)8-6-4-3-5-7-8/h3-7,13H,2H2,1H3. The van der Waals surface area contributed by atoms with Gasteiger partial charge in [-0.25, -0.2) is 8.42 Å². The van der Waals surface area contributed by atoms with Crippen molar-refractivity contribution in [2.24, 2.45) is 0 Å². The highest BCUT2D eigenvalue weighted by molar-refractivity contribution is 8.23. The molecule has 0 aromatic heterocycles. The lowest BCUT2D eigenvalue weighted by Crippen LogP contribution is -2.18. The first-order valence-electron chi connectivity index (χ1n) is 4.02. The van der Waals surface area contributed by atoms with Crippen LogP contribution in [0.3, 0.4) is 0 Å². The molecular formula is C8H11ClO2SSi. The summed E-state index contributed by atoms with van der Waals surface area (Å²) in [6, 6.07) is 8.94. The minimum atomic E-state index is -3.18. The van der Waals surface area contributed by atoms with Crippen molar-refractivity contribution in [2.75, 3.05) is 0 Å². The molecule has 0 aliphatic heterocycles. The average molecular weight is 235 g/mol. The maximum Gasteiger partial charge on any atom is 0.281 e. The maximum absolute atomic E-state index is 11.7. The molecule has 0 saturated carbocycles. The van der Waals surface area contributed by atoms with Crippen LogP contribution in [0.2, 0.25) is 6.04 Å². The lowest BCUT2D eigenvalue weighted by Gasteiger charge is -2.06. The van der Waals surface area contributed by atoms with Crippen LogP contribution in [-0.2, 0) is 9.29 Å². The normalized spacial score (nSPS) is 14.0. The molecule has 1 unspecified atom stereocenters. The number of hydrogen-bond acceptors (Lipinski definition) is 2. The van der Waals surface area contributed by atoms with Crippen molar-refractivity contribution in [1.29, 1.82) is 0 Å².